The molecule has 0 bridgehead atoms. The Labute approximate surface area is 167 Å². The number of H-pyrrole nitrogens is 1. The molecule has 2 atom stereocenters. The summed E-state index contributed by atoms with van der Waals surface area (Å²) in [5, 5.41) is 10.6. The number of piperidine rings is 1. The Morgan fingerprint density at radius 3 is 2.82 bits per heavy atom. The van der Waals surface area contributed by atoms with Crippen molar-refractivity contribution in [3.8, 4) is 0 Å². The van der Waals surface area contributed by atoms with Crippen molar-refractivity contribution in [3.63, 3.8) is 0 Å². The van der Waals surface area contributed by atoms with E-state index in [1.165, 1.54) is 0 Å². The Bertz CT molecular complexity index is 968. The van der Waals surface area contributed by atoms with Gasteiger partial charge in [-0.15, -0.1) is 10.2 Å². The molecule has 0 aromatic carbocycles. The molecule has 0 unspecified atom stereocenters. The van der Waals surface area contributed by atoms with Gasteiger partial charge in [0.2, 0.25) is 5.95 Å². The highest BCUT2D eigenvalue weighted by Gasteiger charge is 2.47. The van der Waals surface area contributed by atoms with Crippen molar-refractivity contribution in [2.45, 2.75) is 41.8 Å². The van der Waals surface area contributed by atoms with Crippen LogP contribution in [0.2, 0.25) is 0 Å². The quantitative estimate of drug-likeness (QED) is 0.693. The minimum absolute atomic E-state index is 0.0996. The number of fused-ring (bicyclic) bond motifs is 1. The summed E-state index contributed by atoms with van der Waals surface area (Å²) in [6.07, 6.45) is 7.61. The number of hydrogen-bond acceptors (Lipinski definition) is 8. The van der Waals surface area contributed by atoms with Crippen LogP contribution in [-0.2, 0) is 4.74 Å². The zero-order valence-corrected chi connectivity index (χ0v) is 16.5. The lowest BCUT2D eigenvalue weighted by Crippen LogP contribution is -2.51. The van der Waals surface area contributed by atoms with Crippen molar-refractivity contribution >= 4 is 28.7 Å². The van der Waals surface area contributed by atoms with E-state index in [1.54, 1.807) is 24.2 Å². The highest BCUT2D eigenvalue weighted by molar-refractivity contribution is 7.99. The first-order valence-corrected chi connectivity index (χ1v) is 10.4. The van der Waals surface area contributed by atoms with Gasteiger partial charge in [0.25, 0.3) is 0 Å². The van der Waals surface area contributed by atoms with Crippen molar-refractivity contribution in [2.75, 3.05) is 24.6 Å². The summed E-state index contributed by atoms with van der Waals surface area (Å²) in [4.78, 5) is 15.3. The van der Waals surface area contributed by atoms with Gasteiger partial charge >= 0.3 is 0 Å². The van der Waals surface area contributed by atoms with Crippen molar-refractivity contribution < 1.29 is 4.74 Å². The van der Waals surface area contributed by atoms with E-state index in [1.807, 2.05) is 18.3 Å². The first kappa shape index (κ1) is 17.8. The van der Waals surface area contributed by atoms with Crippen LogP contribution >= 0.6 is 11.8 Å². The average molecular weight is 398 g/mol. The van der Waals surface area contributed by atoms with Crippen molar-refractivity contribution in [1.82, 2.24) is 25.1 Å². The average Bonchev–Trinajstić information content (AvgIpc) is 3.31. The van der Waals surface area contributed by atoms with Gasteiger partial charge in [0.15, 0.2) is 0 Å². The zero-order chi connectivity index (χ0) is 19.1. The molecule has 3 aromatic heterocycles. The monoisotopic (exact) mass is 397 g/mol. The van der Waals surface area contributed by atoms with E-state index in [0.29, 0.717) is 5.95 Å². The molecular formula is C19H23N7OS. The molecule has 3 N–H and O–H groups in total. The van der Waals surface area contributed by atoms with E-state index in [4.69, 9.17) is 10.5 Å². The molecule has 2 aliphatic rings. The van der Waals surface area contributed by atoms with E-state index >= 15 is 0 Å². The first-order valence-electron chi connectivity index (χ1n) is 9.56. The number of pyridine rings is 1. The van der Waals surface area contributed by atoms with Crippen LogP contribution in [0.4, 0.5) is 5.95 Å². The molecule has 2 aliphatic heterocycles. The summed E-state index contributed by atoms with van der Waals surface area (Å²) in [6.45, 7) is 4.59. The van der Waals surface area contributed by atoms with Gasteiger partial charge in [-0.2, -0.15) is 0 Å². The van der Waals surface area contributed by atoms with Gasteiger partial charge in [-0.05, 0) is 31.9 Å². The third-order valence-corrected chi connectivity index (χ3v) is 7.02. The highest BCUT2D eigenvalue weighted by Crippen LogP contribution is 2.41. The lowest BCUT2D eigenvalue weighted by Gasteiger charge is -2.41. The lowest BCUT2D eigenvalue weighted by atomic mass is 9.73. The van der Waals surface area contributed by atoms with Crippen LogP contribution < -0.4 is 10.6 Å². The van der Waals surface area contributed by atoms with Crippen molar-refractivity contribution in [3.05, 3.63) is 30.7 Å². The normalized spacial score (nSPS) is 24.3. The van der Waals surface area contributed by atoms with Gasteiger partial charge in [0.1, 0.15) is 10.7 Å². The summed E-state index contributed by atoms with van der Waals surface area (Å²) in [7, 11) is 0. The van der Waals surface area contributed by atoms with E-state index < -0.39 is 0 Å². The van der Waals surface area contributed by atoms with Crippen LogP contribution in [0.5, 0.6) is 0 Å². The summed E-state index contributed by atoms with van der Waals surface area (Å²) in [5.74, 6) is 0.682. The molecular weight excluding hydrogens is 374 g/mol. The maximum absolute atomic E-state index is 6.40. The number of nitrogens with two attached hydrogens (primary N) is 1. The Kier molecular flexibility index (Phi) is 4.45. The summed E-state index contributed by atoms with van der Waals surface area (Å²) >= 11 is 1.55. The fourth-order valence-corrected chi connectivity index (χ4v) is 5.03. The molecule has 5 rings (SSSR count). The Morgan fingerprint density at radius 1 is 1.25 bits per heavy atom. The Hall–Kier alpha value is -2.23. The fraction of sp³-hybridized carbons (Fsp3) is 0.474. The molecule has 1 spiro atoms. The van der Waals surface area contributed by atoms with Gasteiger partial charge in [-0.3, -0.25) is 0 Å². The molecule has 146 valence electrons. The fourth-order valence-electron chi connectivity index (χ4n) is 4.21. The van der Waals surface area contributed by atoms with Gasteiger partial charge in [-0.1, -0.05) is 11.8 Å². The van der Waals surface area contributed by atoms with Crippen molar-refractivity contribution in [1.29, 1.82) is 0 Å². The molecule has 0 radical (unpaired) electrons. The van der Waals surface area contributed by atoms with Crippen LogP contribution in [0.25, 0.3) is 11.0 Å². The van der Waals surface area contributed by atoms with Crippen molar-refractivity contribution in [2.24, 2.45) is 11.1 Å². The van der Waals surface area contributed by atoms with Crippen LogP contribution in [0.1, 0.15) is 19.8 Å². The molecule has 2 fully saturated rings. The van der Waals surface area contributed by atoms with Crippen LogP contribution in [0, 0.1) is 5.41 Å². The molecule has 0 saturated carbocycles. The van der Waals surface area contributed by atoms with E-state index in [2.05, 4.69) is 37.0 Å². The zero-order valence-electron chi connectivity index (χ0n) is 15.7. The van der Waals surface area contributed by atoms with Crippen LogP contribution in [-0.4, -0.2) is 57.0 Å². The summed E-state index contributed by atoms with van der Waals surface area (Å²) in [6, 6.07) is 4.11. The molecule has 0 amide bonds. The molecule has 5 heterocycles. The van der Waals surface area contributed by atoms with Gasteiger partial charge in [0, 0.05) is 47.2 Å². The number of ether oxygens (including phenoxy) is 1. The lowest BCUT2D eigenvalue weighted by molar-refractivity contribution is 0.0973. The second-order valence-corrected chi connectivity index (χ2v) is 8.70. The second-order valence-electron chi connectivity index (χ2n) is 7.64. The van der Waals surface area contributed by atoms with Gasteiger partial charge < -0.3 is 20.4 Å². The SMILES string of the molecule is C[C@@H]1OCC2(CCN(c3ncc(Sc4ccnc5[nH]ccc45)nn3)CC2)[C@@H]1N. The number of anilines is 1. The summed E-state index contributed by atoms with van der Waals surface area (Å²) in [5.41, 5.74) is 7.37. The van der Waals surface area contributed by atoms with Crippen LogP contribution in [0.3, 0.4) is 0 Å². The predicted octanol–water partition coefficient (Wildman–Crippen LogP) is 2.23. The largest absolute Gasteiger partial charge is 0.376 e. The molecule has 28 heavy (non-hydrogen) atoms. The maximum atomic E-state index is 6.40. The molecule has 2 saturated heterocycles. The number of aromatic amines is 1. The smallest absolute Gasteiger partial charge is 0.245 e. The minimum Gasteiger partial charge on any atom is -0.376 e. The second kappa shape index (κ2) is 6.98. The maximum Gasteiger partial charge on any atom is 0.245 e. The standard InChI is InChI=1S/C19H23N7OS/c1-12-16(20)19(11-27-12)4-8-26(9-5-19)18-23-10-15(24-25-18)28-14-3-7-22-17-13(14)2-6-21-17/h2-3,6-7,10,12,16H,4-5,8-9,11,20H2,1H3,(H,21,22)/t12-,16+/m0/s1. The third kappa shape index (κ3) is 3.03. The summed E-state index contributed by atoms with van der Waals surface area (Å²) < 4.78 is 5.80. The predicted molar refractivity (Wildman–Crippen MR) is 107 cm³/mol. The molecule has 0 aliphatic carbocycles. The number of aromatic nitrogens is 5. The molecule has 3 aromatic rings. The number of nitrogens with one attached hydrogen (secondary N) is 1. The number of rotatable bonds is 3. The van der Waals surface area contributed by atoms with Gasteiger partial charge in [0.05, 0.1) is 18.9 Å². The molecule has 8 nitrogen and oxygen atoms in total. The highest BCUT2D eigenvalue weighted by atomic mass is 32.2. The number of hydrogen-bond donors (Lipinski definition) is 2. The number of nitrogens with zero attached hydrogens (tertiary/aromatic N) is 5. The molecule has 9 heteroatoms. The van der Waals surface area contributed by atoms with E-state index in [0.717, 1.165) is 53.5 Å². The third-order valence-electron chi connectivity index (χ3n) is 6.05. The Morgan fingerprint density at radius 2 is 2.11 bits per heavy atom. The minimum atomic E-state index is 0.0996. The van der Waals surface area contributed by atoms with E-state index in [9.17, 15) is 0 Å². The van der Waals surface area contributed by atoms with E-state index in [-0.39, 0.29) is 17.6 Å². The Balaban J connectivity index is 1.27. The first-order chi connectivity index (χ1) is 13.6. The van der Waals surface area contributed by atoms with Crippen LogP contribution in [0.15, 0.2) is 40.6 Å². The van der Waals surface area contributed by atoms with Gasteiger partial charge in [-0.25, -0.2) is 9.97 Å². The topological polar surface area (TPSA) is 106 Å².